The van der Waals surface area contributed by atoms with Crippen molar-refractivity contribution in [2.45, 2.75) is 51.8 Å². The van der Waals surface area contributed by atoms with Gasteiger partial charge >= 0.3 is 0 Å². The van der Waals surface area contributed by atoms with Crippen molar-refractivity contribution in [3.8, 4) is 23.0 Å². The zero-order chi connectivity index (χ0) is 22.1. The van der Waals surface area contributed by atoms with Gasteiger partial charge in [0.25, 0.3) is 0 Å². The molecule has 176 valence electrons. The fourth-order valence-corrected chi connectivity index (χ4v) is 3.69. The number of rotatable bonds is 9. The summed E-state index contributed by atoms with van der Waals surface area (Å²) in [5.41, 5.74) is 1.92. The summed E-state index contributed by atoms with van der Waals surface area (Å²) in [5, 5.41) is 16.6. The highest BCUT2D eigenvalue weighted by molar-refractivity contribution is 14.0. The molecule has 1 aliphatic carbocycles. The number of nitrogens with one attached hydrogen (secondary N) is 2. The molecule has 0 saturated heterocycles. The van der Waals surface area contributed by atoms with Crippen LogP contribution in [0.2, 0.25) is 0 Å². The lowest BCUT2D eigenvalue weighted by molar-refractivity contribution is 0.198. The number of aliphatic imine (C=N–C) groups is 1. The van der Waals surface area contributed by atoms with E-state index in [0.29, 0.717) is 24.8 Å². The quantitative estimate of drug-likeness (QED) is 0.238. The van der Waals surface area contributed by atoms with Crippen molar-refractivity contribution in [1.29, 1.82) is 0 Å². The molecule has 0 heterocycles. The maximum absolute atomic E-state index is 9.98. The summed E-state index contributed by atoms with van der Waals surface area (Å²) in [6.45, 7) is 3.75. The molecule has 0 bridgehead atoms. The average Bonchev–Trinajstić information content (AvgIpc) is 3.29. The zero-order valence-corrected chi connectivity index (χ0v) is 21.3. The Kier molecular flexibility index (Phi) is 10.7. The number of para-hydroxylation sites is 1. The minimum absolute atomic E-state index is 0. The molecule has 8 heteroatoms. The third-order valence-electron chi connectivity index (χ3n) is 5.32. The summed E-state index contributed by atoms with van der Waals surface area (Å²) in [4.78, 5) is 4.64. The van der Waals surface area contributed by atoms with Crippen molar-refractivity contribution in [1.82, 2.24) is 10.6 Å². The van der Waals surface area contributed by atoms with E-state index in [9.17, 15) is 5.11 Å². The number of aromatic hydroxyl groups is 1. The van der Waals surface area contributed by atoms with Crippen molar-refractivity contribution < 1.29 is 19.3 Å². The molecule has 2 aromatic carbocycles. The highest BCUT2D eigenvalue weighted by Gasteiger charge is 2.20. The van der Waals surface area contributed by atoms with E-state index in [-0.39, 0.29) is 35.8 Å². The van der Waals surface area contributed by atoms with Crippen LogP contribution in [0.1, 0.15) is 43.7 Å². The van der Waals surface area contributed by atoms with Gasteiger partial charge in [-0.1, -0.05) is 18.2 Å². The molecule has 0 radical (unpaired) electrons. The van der Waals surface area contributed by atoms with Crippen LogP contribution in [0, 0.1) is 0 Å². The van der Waals surface area contributed by atoms with E-state index in [1.54, 1.807) is 19.2 Å². The van der Waals surface area contributed by atoms with E-state index in [2.05, 4.69) is 15.6 Å². The monoisotopic (exact) mass is 555 g/mol. The predicted octanol–water partition coefficient (Wildman–Crippen LogP) is 4.60. The van der Waals surface area contributed by atoms with Crippen LogP contribution in [-0.2, 0) is 13.1 Å². The molecule has 2 aromatic rings. The largest absolute Gasteiger partial charge is 0.504 e. The normalized spacial score (nSPS) is 13.9. The number of hydrogen-bond acceptors (Lipinski definition) is 5. The van der Waals surface area contributed by atoms with E-state index in [0.717, 1.165) is 42.0 Å². The topological polar surface area (TPSA) is 84.3 Å². The number of phenols is 1. The zero-order valence-electron chi connectivity index (χ0n) is 19.0. The first-order valence-corrected chi connectivity index (χ1v) is 10.8. The average molecular weight is 555 g/mol. The minimum Gasteiger partial charge on any atom is -0.504 e. The lowest BCUT2D eigenvalue weighted by atomic mass is 10.1. The first kappa shape index (κ1) is 25.9. The van der Waals surface area contributed by atoms with Crippen molar-refractivity contribution in [2.24, 2.45) is 4.99 Å². The Bertz CT molecular complexity index is 886. The van der Waals surface area contributed by atoms with E-state index in [1.165, 1.54) is 20.0 Å². The third kappa shape index (κ3) is 7.08. The van der Waals surface area contributed by atoms with Crippen LogP contribution in [0.5, 0.6) is 23.0 Å². The van der Waals surface area contributed by atoms with Crippen LogP contribution in [0.25, 0.3) is 0 Å². The standard InChI is InChI=1S/C24H33N3O4.HI/c1-4-25-24(26-15-17-12-13-21(29-2)20(28)14-17)27-16-18-8-7-11-22(30-3)23(18)31-19-9-5-6-10-19;/h7-8,11-14,19,28H,4-6,9-10,15-16H2,1-3H3,(H2,25,26,27);1H. The Morgan fingerprint density at radius 2 is 1.81 bits per heavy atom. The summed E-state index contributed by atoms with van der Waals surface area (Å²) in [5.74, 6) is 2.80. The minimum atomic E-state index is 0. The Morgan fingerprint density at radius 1 is 1.06 bits per heavy atom. The third-order valence-corrected chi connectivity index (χ3v) is 5.32. The van der Waals surface area contributed by atoms with Crippen LogP contribution < -0.4 is 24.8 Å². The van der Waals surface area contributed by atoms with Crippen LogP contribution in [0.15, 0.2) is 41.4 Å². The predicted molar refractivity (Wildman–Crippen MR) is 138 cm³/mol. The molecule has 3 rings (SSSR count). The Hall–Kier alpha value is -2.36. The molecule has 0 atom stereocenters. The molecule has 0 spiro atoms. The number of nitrogens with zero attached hydrogens (tertiary/aromatic N) is 1. The van der Waals surface area contributed by atoms with Gasteiger partial charge in [-0.25, -0.2) is 4.99 Å². The number of methoxy groups -OCH3 is 2. The highest BCUT2D eigenvalue weighted by Crippen LogP contribution is 2.34. The van der Waals surface area contributed by atoms with E-state index < -0.39 is 0 Å². The molecule has 0 amide bonds. The maximum atomic E-state index is 9.98. The van der Waals surface area contributed by atoms with Crippen molar-refractivity contribution >= 4 is 29.9 Å². The first-order chi connectivity index (χ1) is 15.1. The van der Waals surface area contributed by atoms with Gasteiger partial charge in [0.05, 0.1) is 26.9 Å². The fourth-order valence-electron chi connectivity index (χ4n) is 3.69. The molecule has 3 N–H and O–H groups in total. The Labute approximate surface area is 207 Å². The van der Waals surface area contributed by atoms with E-state index in [4.69, 9.17) is 14.2 Å². The highest BCUT2D eigenvalue weighted by atomic mass is 127. The molecule has 0 unspecified atom stereocenters. The van der Waals surface area contributed by atoms with Gasteiger partial charge in [-0.05, 0) is 56.4 Å². The van der Waals surface area contributed by atoms with E-state index >= 15 is 0 Å². The molecule has 0 aliphatic heterocycles. The molecular weight excluding hydrogens is 521 g/mol. The number of guanidine groups is 1. The van der Waals surface area contributed by atoms with Gasteiger partial charge in [-0.2, -0.15) is 0 Å². The molecule has 32 heavy (non-hydrogen) atoms. The Balaban J connectivity index is 0.00000363. The van der Waals surface area contributed by atoms with Crippen LogP contribution in [0.4, 0.5) is 0 Å². The Morgan fingerprint density at radius 3 is 2.47 bits per heavy atom. The van der Waals surface area contributed by atoms with Gasteiger partial charge in [0.1, 0.15) is 0 Å². The van der Waals surface area contributed by atoms with Gasteiger partial charge in [-0.15, -0.1) is 24.0 Å². The molecule has 1 fully saturated rings. The summed E-state index contributed by atoms with van der Waals surface area (Å²) in [7, 11) is 3.20. The van der Waals surface area contributed by atoms with Gasteiger partial charge in [0.2, 0.25) is 0 Å². The lowest BCUT2D eigenvalue weighted by Gasteiger charge is -2.20. The second-order valence-electron chi connectivity index (χ2n) is 7.53. The smallest absolute Gasteiger partial charge is 0.191 e. The summed E-state index contributed by atoms with van der Waals surface area (Å²) in [6.07, 6.45) is 4.85. The molecule has 7 nitrogen and oxygen atoms in total. The molecule has 0 aromatic heterocycles. The summed E-state index contributed by atoms with van der Waals surface area (Å²) in [6, 6.07) is 11.3. The van der Waals surface area contributed by atoms with Crippen molar-refractivity contribution in [2.75, 3.05) is 20.8 Å². The fraction of sp³-hybridized carbons (Fsp3) is 0.458. The van der Waals surface area contributed by atoms with Crippen LogP contribution in [-0.4, -0.2) is 37.9 Å². The number of phenolic OH excluding ortho intramolecular Hbond substituents is 1. The number of halogens is 1. The SMILES string of the molecule is CCNC(=NCc1ccc(OC)c(O)c1)NCc1cccc(OC)c1OC1CCCC1.I. The second kappa shape index (κ2) is 13.2. The summed E-state index contributed by atoms with van der Waals surface area (Å²) < 4.78 is 17.0. The van der Waals surface area contributed by atoms with Crippen molar-refractivity contribution in [3.63, 3.8) is 0 Å². The number of ether oxygens (including phenoxy) is 3. The summed E-state index contributed by atoms with van der Waals surface area (Å²) >= 11 is 0. The van der Waals surface area contributed by atoms with Crippen LogP contribution >= 0.6 is 24.0 Å². The van der Waals surface area contributed by atoms with Crippen LogP contribution in [0.3, 0.4) is 0 Å². The molecule has 1 saturated carbocycles. The molecular formula is C24H34IN3O4. The maximum Gasteiger partial charge on any atom is 0.191 e. The number of benzene rings is 2. The van der Waals surface area contributed by atoms with Gasteiger partial charge in [-0.3, -0.25) is 0 Å². The van der Waals surface area contributed by atoms with Gasteiger partial charge < -0.3 is 30.0 Å². The lowest BCUT2D eigenvalue weighted by Crippen LogP contribution is -2.37. The van der Waals surface area contributed by atoms with Gasteiger partial charge in [0, 0.05) is 18.7 Å². The first-order valence-electron chi connectivity index (χ1n) is 10.8. The van der Waals surface area contributed by atoms with Crippen molar-refractivity contribution in [3.05, 3.63) is 47.5 Å². The second-order valence-corrected chi connectivity index (χ2v) is 7.53. The van der Waals surface area contributed by atoms with E-state index in [1.807, 2.05) is 31.2 Å². The molecule has 1 aliphatic rings. The number of hydrogen-bond donors (Lipinski definition) is 3. The van der Waals surface area contributed by atoms with Gasteiger partial charge in [0.15, 0.2) is 29.0 Å².